The van der Waals surface area contributed by atoms with Gasteiger partial charge in [-0.05, 0) is 46.0 Å². The lowest BCUT2D eigenvalue weighted by atomic mass is 10.1. The van der Waals surface area contributed by atoms with Crippen LogP contribution in [0.5, 0.6) is 0 Å². The van der Waals surface area contributed by atoms with Gasteiger partial charge in [0.15, 0.2) is 0 Å². The fourth-order valence-electron chi connectivity index (χ4n) is 2.23. The second kappa shape index (κ2) is 6.54. The highest BCUT2D eigenvalue weighted by Gasteiger charge is 2.20. The predicted octanol–water partition coefficient (Wildman–Crippen LogP) is 1.91. The molecule has 1 heterocycles. The molecule has 0 amide bonds. The number of nitrogen functional groups attached to an aromatic ring is 1. The monoisotopic (exact) mass is 307 g/mol. The molecule has 1 aromatic rings. The first-order valence-corrected chi connectivity index (χ1v) is 7.49. The van der Waals surface area contributed by atoms with Crippen molar-refractivity contribution in [3.8, 4) is 0 Å². The van der Waals surface area contributed by atoms with E-state index in [9.17, 15) is 4.79 Å². The second-order valence-electron chi connectivity index (χ2n) is 6.63. The number of rotatable bonds is 3. The van der Waals surface area contributed by atoms with Gasteiger partial charge in [-0.3, -0.25) is 4.89 Å². The van der Waals surface area contributed by atoms with Crippen LogP contribution in [-0.4, -0.2) is 49.7 Å². The smallest absolute Gasteiger partial charge is 0.373 e. The van der Waals surface area contributed by atoms with Crippen molar-refractivity contribution in [2.75, 3.05) is 43.9 Å². The topological polar surface area (TPSA) is 68.0 Å². The molecule has 1 aromatic carbocycles. The maximum atomic E-state index is 12.0. The summed E-state index contributed by atoms with van der Waals surface area (Å²) >= 11 is 0. The minimum absolute atomic E-state index is 0.389. The summed E-state index contributed by atoms with van der Waals surface area (Å²) in [6, 6.07) is 5.23. The Bertz CT molecular complexity index is 532. The summed E-state index contributed by atoms with van der Waals surface area (Å²) in [6.45, 7) is 9.29. The van der Waals surface area contributed by atoms with Crippen molar-refractivity contribution in [3.63, 3.8) is 0 Å². The van der Waals surface area contributed by atoms with Gasteiger partial charge in [0.05, 0.1) is 16.9 Å². The van der Waals surface area contributed by atoms with Crippen LogP contribution in [0.25, 0.3) is 0 Å². The molecule has 6 nitrogen and oxygen atoms in total. The minimum atomic E-state index is -0.541. The highest BCUT2D eigenvalue weighted by Crippen LogP contribution is 2.26. The lowest BCUT2D eigenvalue weighted by Crippen LogP contribution is -2.44. The van der Waals surface area contributed by atoms with Gasteiger partial charge >= 0.3 is 5.97 Å². The molecule has 1 fully saturated rings. The van der Waals surface area contributed by atoms with Gasteiger partial charge in [-0.1, -0.05) is 0 Å². The third-order valence-corrected chi connectivity index (χ3v) is 3.47. The standard InChI is InChI=1S/C16H25N3O3/c1-16(2,3)22-21-15(20)12-5-6-14(13(17)11-12)19-9-7-18(4)8-10-19/h5-6,11H,7-10,17H2,1-4H3. The number of likely N-dealkylation sites (N-methyl/N-ethyl adjacent to an activating group) is 1. The zero-order valence-corrected chi connectivity index (χ0v) is 13.8. The van der Waals surface area contributed by atoms with Crippen molar-refractivity contribution in [2.24, 2.45) is 0 Å². The molecular weight excluding hydrogens is 282 g/mol. The molecule has 0 radical (unpaired) electrons. The molecule has 1 saturated heterocycles. The molecule has 0 bridgehead atoms. The Hall–Kier alpha value is -1.79. The van der Waals surface area contributed by atoms with E-state index in [0.29, 0.717) is 11.3 Å². The number of carbonyl (C=O) groups is 1. The van der Waals surface area contributed by atoms with Crippen LogP contribution in [0.15, 0.2) is 18.2 Å². The molecule has 22 heavy (non-hydrogen) atoms. The first kappa shape index (κ1) is 16.6. The zero-order valence-electron chi connectivity index (χ0n) is 13.8. The van der Waals surface area contributed by atoms with Gasteiger partial charge in [-0.15, -0.1) is 0 Å². The van der Waals surface area contributed by atoms with Crippen molar-refractivity contribution in [3.05, 3.63) is 23.8 Å². The van der Waals surface area contributed by atoms with Crippen molar-refractivity contribution < 1.29 is 14.6 Å². The normalized spacial score (nSPS) is 16.6. The van der Waals surface area contributed by atoms with Crippen molar-refractivity contribution in [1.82, 2.24) is 4.90 Å². The molecular formula is C16H25N3O3. The highest BCUT2D eigenvalue weighted by atomic mass is 17.2. The molecule has 1 aliphatic rings. The molecule has 2 N–H and O–H groups in total. The number of hydrogen-bond donors (Lipinski definition) is 1. The molecule has 6 heteroatoms. The maximum Gasteiger partial charge on any atom is 0.373 e. The van der Waals surface area contributed by atoms with E-state index in [-0.39, 0.29) is 0 Å². The zero-order chi connectivity index (χ0) is 16.3. The van der Waals surface area contributed by atoms with Crippen molar-refractivity contribution in [1.29, 1.82) is 0 Å². The molecule has 1 aliphatic heterocycles. The number of hydrogen-bond acceptors (Lipinski definition) is 6. The largest absolute Gasteiger partial charge is 0.397 e. The van der Waals surface area contributed by atoms with Crippen LogP contribution in [0, 0.1) is 0 Å². The maximum absolute atomic E-state index is 12.0. The van der Waals surface area contributed by atoms with E-state index >= 15 is 0 Å². The highest BCUT2D eigenvalue weighted by molar-refractivity contribution is 5.91. The van der Waals surface area contributed by atoms with Gasteiger partial charge in [0.1, 0.15) is 5.60 Å². The van der Waals surface area contributed by atoms with E-state index in [1.807, 2.05) is 26.8 Å². The summed E-state index contributed by atoms with van der Waals surface area (Å²) < 4.78 is 0. The van der Waals surface area contributed by atoms with Crippen LogP contribution in [0.3, 0.4) is 0 Å². The first-order chi connectivity index (χ1) is 10.3. The number of piperazine rings is 1. The third kappa shape index (κ3) is 4.35. The number of anilines is 2. The SMILES string of the molecule is CN1CCN(c2ccc(C(=O)OOC(C)(C)C)cc2N)CC1. The van der Waals surface area contributed by atoms with E-state index in [1.54, 1.807) is 12.1 Å². The fraction of sp³-hybridized carbons (Fsp3) is 0.562. The molecule has 0 unspecified atom stereocenters. The number of nitrogens with zero attached hydrogens (tertiary/aromatic N) is 2. The average molecular weight is 307 g/mol. The Labute approximate surface area is 131 Å². The number of nitrogens with two attached hydrogens (primary N) is 1. The van der Waals surface area contributed by atoms with E-state index in [4.69, 9.17) is 15.5 Å². The Morgan fingerprint density at radius 2 is 1.82 bits per heavy atom. The quantitative estimate of drug-likeness (QED) is 0.523. The molecule has 0 aromatic heterocycles. The Balaban J connectivity index is 2.04. The molecule has 0 spiro atoms. The summed E-state index contributed by atoms with van der Waals surface area (Å²) in [4.78, 5) is 26.3. The van der Waals surface area contributed by atoms with E-state index in [0.717, 1.165) is 31.9 Å². The molecule has 0 saturated carbocycles. The average Bonchev–Trinajstić information content (AvgIpc) is 2.45. The van der Waals surface area contributed by atoms with Crippen LogP contribution >= 0.6 is 0 Å². The predicted molar refractivity (Wildman–Crippen MR) is 86.8 cm³/mol. The second-order valence-corrected chi connectivity index (χ2v) is 6.63. The van der Waals surface area contributed by atoms with E-state index < -0.39 is 11.6 Å². The summed E-state index contributed by atoms with van der Waals surface area (Å²) in [5.74, 6) is -0.536. The van der Waals surface area contributed by atoms with E-state index in [1.165, 1.54) is 0 Å². The summed E-state index contributed by atoms with van der Waals surface area (Å²) in [5.41, 5.74) is 7.49. The Morgan fingerprint density at radius 1 is 1.18 bits per heavy atom. The van der Waals surface area contributed by atoms with Crippen LogP contribution in [-0.2, 0) is 9.78 Å². The lowest BCUT2D eigenvalue weighted by Gasteiger charge is -2.34. The van der Waals surface area contributed by atoms with Gasteiger partial charge in [0.25, 0.3) is 0 Å². The number of benzene rings is 1. The lowest BCUT2D eigenvalue weighted by molar-refractivity contribution is -0.301. The van der Waals surface area contributed by atoms with Crippen LogP contribution < -0.4 is 10.6 Å². The van der Waals surface area contributed by atoms with Crippen LogP contribution in [0.1, 0.15) is 31.1 Å². The van der Waals surface area contributed by atoms with Gasteiger partial charge < -0.3 is 15.5 Å². The van der Waals surface area contributed by atoms with Crippen molar-refractivity contribution >= 4 is 17.3 Å². The Kier molecular flexibility index (Phi) is 4.93. The number of carbonyl (C=O) groups excluding carboxylic acids is 1. The van der Waals surface area contributed by atoms with Crippen molar-refractivity contribution in [2.45, 2.75) is 26.4 Å². The van der Waals surface area contributed by atoms with Crippen LogP contribution in [0.4, 0.5) is 11.4 Å². The summed E-state index contributed by atoms with van der Waals surface area (Å²) in [7, 11) is 2.11. The Morgan fingerprint density at radius 3 is 2.36 bits per heavy atom. The van der Waals surface area contributed by atoms with Gasteiger partial charge in [-0.2, -0.15) is 4.89 Å². The molecule has 0 atom stereocenters. The molecule has 2 rings (SSSR count). The first-order valence-electron chi connectivity index (χ1n) is 7.49. The summed E-state index contributed by atoms with van der Waals surface area (Å²) in [5, 5.41) is 0. The fourth-order valence-corrected chi connectivity index (χ4v) is 2.23. The van der Waals surface area contributed by atoms with E-state index in [2.05, 4.69) is 16.8 Å². The van der Waals surface area contributed by atoms with Gasteiger partial charge in [0, 0.05) is 26.2 Å². The summed E-state index contributed by atoms with van der Waals surface area (Å²) in [6.07, 6.45) is 0. The molecule has 122 valence electrons. The molecule has 0 aliphatic carbocycles. The third-order valence-electron chi connectivity index (χ3n) is 3.47. The van der Waals surface area contributed by atoms with Crippen LogP contribution in [0.2, 0.25) is 0 Å². The van der Waals surface area contributed by atoms with Gasteiger partial charge in [0.2, 0.25) is 0 Å². The van der Waals surface area contributed by atoms with Gasteiger partial charge in [-0.25, -0.2) is 4.79 Å². The minimum Gasteiger partial charge on any atom is -0.397 e.